The SMILES string of the molecule is O=C(c1ccccc1)c1cccc2sc(SSc3nc4c(C(=O)c5ccccc5)cccc4s3)nc12. The lowest BCUT2D eigenvalue weighted by atomic mass is 10.0. The van der Waals surface area contributed by atoms with Crippen molar-refractivity contribution in [1.82, 2.24) is 9.97 Å². The Morgan fingerprint density at radius 2 is 0.944 bits per heavy atom. The molecule has 0 aliphatic rings. The number of aromatic nitrogens is 2. The number of hydrogen-bond acceptors (Lipinski definition) is 8. The fraction of sp³-hybridized carbons (Fsp3) is 0. The maximum atomic E-state index is 13.1. The first-order valence-electron chi connectivity index (χ1n) is 11.0. The van der Waals surface area contributed by atoms with Crippen molar-refractivity contribution in [3.05, 3.63) is 119 Å². The lowest BCUT2D eigenvalue weighted by Gasteiger charge is -2.01. The molecule has 0 aliphatic heterocycles. The Morgan fingerprint density at radius 1 is 0.528 bits per heavy atom. The standard InChI is InChI=1S/C28H16N2O2S4/c31-25(17-9-3-1-4-10-17)19-13-7-15-21-23(19)29-27(33-21)35-36-28-30-24-20(14-8-16-22(24)34-28)26(32)18-11-5-2-6-12-18/h1-16H. The van der Waals surface area contributed by atoms with Crippen LogP contribution in [0, 0.1) is 0 Å². The quantitative estimate of drug-likeness (QED) is 0.150. The maximum absolute atomic E-state index is 13.1. The van der Waals surface area contributed by atoms with Gasteiger partial charge in [-0.1, -0.05) is 72.8 Å². The molecule has 0 aliphatic carbocycles. The number of carbonyl (C=O) groups is 2. The van der Waals surface area contributed by atoms with E-state index < -0.39 is 0 Å². The molecule has 0 saturated carbocycles. The van der Waals surface area contributed by atoms with Crippen LogP contribution >= 0.6 is 44.3 Å². The normalized spacial score (nSPS) is 11.2. The van der Waals surface area contributed by atoms with E-state index in [0.717, 1.165) is 29.1 Å². The summed E-state index contributed by atoms with van der Waals surface area (Å²) in [5.74, 6) is -0.0602. The molecule has 2 heterocycles. The summed E-state index contributed by atoms with van der Waals surface area (Å²) in [4.78, 5) is 35.7. The van der Waals surface area contributed by atoms with E-state index in [2.05, 4.69) is 0 Å². The van der Waals surface area contributed by atoms with Gasteiger partial charge in [0, 0.05) is 22.3 Å². The van der Waals surface area contributed by atoms with E-state index in [1.165, 1.54) is 21.6 Å². The molecule has 0 N–H and O–H groups in total. The zero-order valence-electron chi connectivity index (χ0n) is 18.6. The van der Waals surface area contributed by atoms with Crippen LogP contribution in [-0.2, 0) is 0 Å². The molecule has 0 atom stereocenters. The van der Waals surface area contributed by atoms with E-state index in [4.69, 9.17) is 9.97 Å². The summed E-state index contributed by atoms with van der Waals surface area (Å²) < 4.78 is 3.64. The van der Waals surface area contributed by atoms with Crippen molar-refractivity contribution in [2.45, 2.75) is 8.68 Å². The van der Waals surface area contributed by atoms with Crippen molar-refractivity contribution in [1.29, 1.82) is 0 Å². The van der Waals surface area contributed by atoms with Crippen LogP contribution < -0.4 is 0 Å². The molecule has 0 spiro atoms. The van der Waals surface area contributed by atoms with Crippen molar-refractivity contribution in [2.24, 2.45) is 0 Å². The Kier molecular flexibility index (Phi) is 6.41. The Balaban J connectivity index is 1.26. The maximum Gasteiger partial charge on any atom is 0.195 e. The summed E-state index contributed by atoms with van der Waals surface area (Å²) >= 11 is 3.11. The van der Waals surface area contributed by atoms with Crippen LogP contribution in [0.4, 0.5) is 0 Å². The number of thiazole rings is 2. The van der Waals surface area contributed by atoms with Crippen molar-refractivity contribution in [2.75, 3.05) is 0 Å². The molecule has 8 heteroatoms. The summed E-state index contributed by atoms with van der Waals surface area (Å²) in [5.41, 5.74) is 3.96. The van der Waals surface area contributed by atoms with Gasteiger partial charge in [0.15, 0.2) is 20.2 Å². The highest BCUT2D eigenvalue weighted by Crippen LogP contribution is 2.44. The Morgan fingerprint density at radius 3 is 1.36 bits per heavy atom. The van der Waals surface area contributed by atoms with E-state index in [9.17, 15) is 9.59 Å². The number of ketones is 2. The number of hydrogen-bond donors (Lipinski definition) is 0. The van der Waals surface area contributed by atoms with Gasteiger partial charge in [-0.15, -0.1) is 22.7 Å². The summed E-state index contributed by atoms with van der Waals surface area (Å²) in [5, 5.41) is 0. The number of benzene rings is 4. The van der Waals surface area contributed by atoms with Crippen LogP contribution in [-0.4, -0.2) is 21.5 Å². The largest absolute Gasteiger partial charge is 0.289 e. The van der Waals surface area contributed by atoms with Gasteiger partial charge >= 0.3 is 0 Å². The van der Waals surface area contributed by atoms with E-state index in [-0.39, 0.29) is 11.6 Å². The first-order chi connectivity index (χ1) is 17.7. The molecular formula is C28H16N2O2S4. The average molecular weight is 541 g/mol. The number of nitrogens with zero attached hydrogens (tertiary/aromatic N) is 2. The zero-order valence-corrected chi connectivity index (χ0v) is 21.8. The Bertz CT molecular complexity index is 1600. The number of para-hydroxylation sites is 2. The zero-order chi connectivity index (χ0) is 24.5. The second kappa shape index (κ2) is 9.99. The van der Waals surface area contributed by atoms with Gasteiger partial charge in [-0.25, -0.2) is 9.97 Å². The number of carbonyl (C=O) groups excluding carboxylic acids is 2. The van der Waals surface area contributed by atoms with Gasteiger partial charge in [0.25, 0.3) is 0 Å². The highest BCUT2D eigenvalue weighted by molar-refractivity contribution is 8.77. The van der Waals surface area contributed by atoms with Crippen LogP contribution in [0.15, 0.2) is 106 Å². The van der Waals surface area contributed by atoms with Gasteiger partial charge in [0.05, 0.1) is 20.4 Å². The molecule has 0 fully saturated rings. The van der Waals surface area contributed by atoms with Crippen molar-refractivity contribution >= 4 is 76.3 Å². The molecule has 4 aromatic carbocycles. The minimum atomic E-state index is -0.0301. The Hall–Kier alpha value is -3.30. The van der Waals surface area contributed by atoms with Crippen LogP contribution in [0.1, 0.15) is 31.8 Å². The van der Waals surface area contributed by atoms with Gasteiger partial charge < -0.3 is 0 Å². The third-order valence-electron chi connectivity index (χ3n) is 5.54. The molecule has 6 rings (SSSR count). The van der Waals surface area contributed by atoms with Crippen LogP contribution in [0.3, 0.4) is 0 Å². The smallest absolute Gasteiger partial charge is 0.195 e. The summed E-state index contributed by atoms with van der Waals surface area (Å²) in [6.45, 7) is 0. The molecule has 36 heavy (non-hydrogen) atoms. The number of rotatable bonds is 7. The minimum Gasteiger partial charge on any atom is -0.289 e. The first kappa shape index (κ1) is 23.1. The molecule has 0 saturated heterocycles. The highest BCUT2D eigenvalue weighted by atomic mass is 33.1. The molecule has 0 unspecified atom stereocenters. The second-order valence-corrected chi connectivity index (χ2v) is 12.5. The summed E-state index contributed by atoms with van der Waals surface area (Å²) in [6, 6.07) is 30.0. The highest BCUT2D eigenvalue weighted by Gasteiger charge is 2.18. The van der Waals surface area contributed by atoms with Gasteiger partial charge in [-0.2, -0.15) is 0 Å². The second-order valence-electron chi connectivity index (χ2n) is 7.82. The minimum absolute atomic E-state index is 0.0301. The lowest BCUT2D eigenvalue weighted by molar-refractivity contribution is 0.103. The van der Waals surface area contributed by atoms with Gasteiger partial charge in [0.2, 0.25) is 0 Å². The fourth-order valence-corrected chi connectivity index (χ4v) is 8.39. The van der Waals surface area contributed by atoms with E-state index in [1.54, 1.807) is 22.7 Å². The van der Waals surface area contributed by atoms with E-state index in [0.29, 0.717) is 22.3 Å². The van der Waals surface area contributed by atoms with Gasteiger partial charge in [-0.3, -0.25) is 9.59 Å². The third-order valence-corrected chi connectivity index (χ3v) is 10.6. The molecule has 6 aromatic rings. The van der Waals surface area contributed by atoms with Gasteiger partial charge in [-0.05, 0) is 45.9 Å². The molecule has 0 bridgehead atoms. The predicted octanol–water partition coefficient (Wildman–Crippen LogP) is 8.17. The summed E-state index contributed by atoms with van der Waals surface area (Å²) in [7, 11) is 3.03. The molecule has 0 amide bonds. The molecule has 174 valence electrons. The third kappa shape index (κ3) is 4.49. The monoisotopic (exact) mass is 540 g/mol. The van der Waals surface area contributed by atoms with Crippen LogP contribution in [0.2, 0.25) is 0 Å². The van der Waals surface area contributed by atoms with E-state index in [1.807, 2.05) is 97.1 Å². The average Bonchev–Trinajstić information content (AvgIpc) is 3.55. The number of fused-ring (bicyclic) bond motifs is 2. The molecule has 4 nitrogen and oxygen atoms in total. The van der Waals surface area contributed by atoms with Crippen molar-refractivity contribution in [3.8, 4) is 0 Å². The first-order valence-corrected chi connectivity index (χ1v) is 14.8. The molecule has 2 aromatic heterocycles. The predicted molar refractivity (Wildman–Crippen MR) is 151 cm³/mol. The molecule has 0 radical (unpaired) electrons. The topological polar surface area (TPSA) is 59.9 Å². The summed E-state index contributed by atoms with van der Waals surface area (Å²) in [6.07, 6.45) is 0. The van der Waals surface area contributed by atoms with Crippen molar-refractivity contribution < 1.29 is 9.59 Å². The van der Waals surface area contributed by atoms with E-state index >= 15 is 0 Å². The molecular weight excluding hydrogens is 525 g/mol. The van der Waals surface area contributed by atoms with Crippen LogP contribution in [0.5, 0.6) is 0 Å². The Labute approximate surface area is 222 Å². The van der Waals surface area contributed by atoms with Crippen LogP contribution in [0.25, 0.3) is 20.4 Å². The fourth-order valence-electron chi connectivity index (χ4n) is 3.86. The van der Waals surface area contributed by atoms with Gasteiger partial charge in [0.1, 0.15) is 0 Å². The van der Waals surface area contributed by atoms with Crippen molar-refractivity contribution in [3.63, 3.8) is 0 Å². The lowest BCUT2D eigenvalue weighted by Crippen LogP contribution is -2.01.